The number of nitrogens with zero attached hydrogens (tertiary/aromatic N) is 3. The molecule has 0 aliphatic carbocycles. The van der Waals surface area contributed by atoms with Crippen LogP contribution in [0.3, 0.4) is 0 Å². The summed E-state index contributed by atoms with van der Waals surface area (Å²) in [7, 11) is 3.08. The number of ether oxygens (including phenoxy) is 2. The lowest BCUT2D eigenvalue weighted by atomic mass is 10.1. The van der Waals surface area contributed by atoms with E-state index in [1.54, 1.807) is 48.3 Å². The second-order valence-electron chi connectivity index (χ2n) is 8.95. The normalized spacial score (nSPS) is 22.7. The maximum absolute atomic E-state index is 13.6. The summed E-state index contributed by atoms with van der Waals surface area (Å²) < 4.78 is 10.6. The van der Waals surface area contributed by atoms with Crippen LogP contribution in [0.5, 0.6) is 11.5 Å². The predicted octanol–water partition coefficient (Wildman–Crippen LogP) is 3.68. The third-order valence-electron chi connectivity index (χ3n) is 7.14. The quantitative estimate of drug-likeness (QED) is 0.585. The highest BCUT2D eigenvalue weighted by Crippen LogP contribution is 2.43. The van der Waals surface area contributed by atoms with Crippen LogP contribution in [0, 0.1) is 0 Å². The Morgan fingerprint density at radius 2 is 1.69 bits per heavy atom. The Morgan fingerprint density at radius 3 is 2.43 bits per heavy atom. The van der Waals surface area contributed by atoms with Gasteiger partial charge < -0.3 is 24.6 Å². The van der Waals surface area contributed by atoms with Crippen molar-refractivity contribution in [1.29, 1.82) is 0 Å². The van der Waals surface area contributed by atoms with E-state index >= 15 is 0 Å². The van der Waals surface area contributed by atoms with Gasteiger partial charge in [-0.15, -0.1) is 0 Å². The van der Waals surface area contributed by atoms with Crippen molar-refractivity contribution in [1.82, 2.24) is 9.80 Å². The summed E-state index contributed by atoms with van der Waals surface area (Å²) in [5, 5.41) is 4.68. The van der Waals surface area contributed by atoms with Crippen LogP contribution in [-0.4, -0.2) is 66.7 Å². The molecule has 3 atom stereocenters. The predicted molar refractivity (Wildman–Crippen MR) is 130 cm³/mol. The Balaban J connectivity index is 1.27. The molecule has 2 bridgehead atoms. The summed E-state index contributed by atoms with van der Waals surface area (Å²) in [4.78, 5) is 44.8. The molecule has 2 unspecified atom stereocenters. The van der Waals surface area contributed by atoms with Crippen LogP contribution in [-0.2, 0) is 4.79 Å². The number of rotatable bonds is 4. The molecule has 9 nitrogen and oxygen atoms in total. The second kappa shape index (κ2) is 7.90. The van der Waals surface area contributed by atoms with Crippen LogP contribution in [0.15, 0.2) is 60.7 Å². The number of hydrogen-bond acceptors (Lipinski definition) is 5. The number of amides is 5. The summed E-state index contributed by atoms with van der Waals surface area (Å²) in [5.74, 6) is 0.812. The summed E-state index contributed by atoms with van der Waals surface area (Å²) in [6.45, 7) is 0.372. The molecule has 6 rings (SSSR count). The van der Waals surface area contributed by atoms with Crippen molar-refractivity contribution in [3.63, 3.8) is 0 Å². The maximum Gasteiger partial charge on any atom is 0.332 e. The Morgan fingerprint density at radius 1 is 0.971 bits per heavy atom. The smallest absolute Gasteiger partial charge is 0.332 e. The fraction of sp³-hybridized carbons (Fsp3) is 0.269. The van der Waals surface area contributed by atoms with Crippen molar-refractivity contribution in [2.24, 2.45) is 0 Å². The molecular formula is C26H24N4O5. The van der Waals surface area contributed by atoms with Crippen LogP contribution in [0.2, 0.25) is 0 Å². The van der Waals surface area contributed by atoms with Gasteiger partial charge in [0.25, 0.3) is 5.91 Å². The number of urea groups is 2. The zero-order valence-electron chi connectivity index (χ0n) is 19.3. The number of benzene rings is 3. The largest absolute Gasteiger partial charge is 0.497 e. The second-order valence-corrected chi connectivity index (χ2v) is 8.95. The van der Waals surface area contributed by atoms with E-state index in [2.05, 4.69) is 5.32 Å². The number of fused-ring (bicyclic) bond motifs is 6. The van der Waals surface area contributed by atoms with Crippen LogP contribution in [0.1, 0.15) is 6.42 Å². The van der Waals surface area contributed by atoms with Gasteiger partial charge in [0.1, 0.15) is 17.5 Å². The van der Waals surface area contributed by atoms with E-state index in [1.807, 2.05) is 36.4 Å². The molecular weight excluding hydrogens is 448 g/mol. The molecule has 3 aliphatic rings. The molecule has 3 fully saturated rings. The van der Waals surface area contributed by atoms with E-state index in [4.69, 9.17) is 9.47 Å². The molecule has 3 aliphatic heterocycles. The van der Waals surface area contributed by atoms with Gasteiger partial charge in [-0.25, -0.2) is 14.5 Å². The highest BCUT2D eigenvalue weighted by molar-refractivity contribution is 6.25. The Labute approximate surface area is 201 Å². The first-order chi connectivity index (χ1) is 17.0. The number of likely N-dealkylation sites (tertiary alicyclic amines) is 1. The zero-order valence-corrected chi connectivity index (χ0v) is 19.3. The number of hydrogen-bond donors (Lipinski definition) is 1. The van der Waals surface area contributed by atoms with E-state index in [1.165, 1.54) is 4.90 Å². The van der Waals surface area contributed by atoms with Gasteiger partial charge in [-0.1, -0.05) is 36.4 Å². The lowest BCUT2D eigenvalue weighted by Crippen LogP contribution is -2.55. The summed E-state index contributed by atoms with van der Waals surface area (Å²) in [6.07, 6.45) is 0.584. The van der Waals surface area contributed by atoms with Crippen molar-refractivity contribution in [3.8, 4) is 11.5 Å². The molecule has 35 heavy (non-hydrogen) atoms. The third kappa shape index (κ3) is 3.18. The van der Waals surface area contributed by atoms with Gasteiger partial charge >= 0.3 is 12.1 Å². The van der Waals surface area contributed by atoms with E-state index in [0.29, 0.717) is 35.8 Å². The average Bonchev–Trinajstić information content (AvgIpc) is 3.54. The first-order valence-electron chi connectivity index (χ1n) is 11.4. The van der Waals surface area contributed by atoms with Crippen molar-refractivity contribution < 1.29 is 23.9 Å². The van der Waals surface area contributed by atoms with Crippen LogP contribution in [0.4, 0.5) is 21.0 Å². The van der Waals surface area contributed by atoms with Crippen molar-refractivity contribution in [3.05, 3.63) is 60.7 Å². The molecule has 1 N–H and O–H groups in total. The molecule has 0 aromatic heterocycles. The van der Waals surface area contributed by atoms with E-state index < -0.39 is 6.04 Å². The first-order valence-corrected chi connectivity index (χ1v) is 11.4. The average molecular weight is 473 g/mol. The summed E-state index contributed by atoms with van der Waals surface area (Å²) in [6, 6.07) is 16.5. The van der Waals surface area contributed by atoms with Gasteiger partial charge in [-0.3, -0.25) is 4.79 Å². The Bertz CT molecular complexity index is 1350. The minimum absolute atomic E-state index is 0.202. The molecule has 3 aromatic carbocycles. The number of carbonyl (C=O) groups is 3. The molecule has 0 spiro atoms. The topological polar surface area (TPSA) is 91.4 Å². The minimum Gasteiger partial charge on any atom is -0.497 e. The third-order valence-corrected chi connectivity index (χ3v) is 7.14. The zero-order chi connectivity index (χ0) is 24.3. The number of methoxy groups -OCH3 is 2. The number of imide groups is 1. The molecule has 9 heteroatoms. The summed E-state index contributed by atoms with van der Waals surface area (Å²) >= 11 is 0. The van der Waals surface area contributed by atoms with Gasteiger partial charge in [0.2, 0.25) is 0 Å². The molecule has 5 amide bonds. The minimum atomic E-state index is -0.689. The monoisotopic (exact) mass is 472 g/mol. The lowest BCUT2D eigenvalue weighted by Gasteiger charge is -2.34. The molecule has 0 radical (unpaired) electrons. The highest BCUT2D eigenvalue weighted by atomic mass is 16.5. The van der Waals surface area contributed by atoms with E-state index in [-0.39, 0.29) is 30.1 Å². The number of nitrogens with one attached hydrogen (secondary N) is 1. The van der Waals surface area contributed by atoms with Gasteiger partial charge in [0.15, 0.2) is 0 Å². The Hall–Kier alpha value is -4.27. The van der Waals surface area contributed by atoms with Crippen LogP contribution in [0.25, 0.3) is 10.8 Å². The van der Waals surface area contributed by atoms with Gasteiger partial charge in [0.05, 0.1) is 32.0 Å². The summed E-state index contributed by atoms with van der Waals surface area (Å²) in [5.41, 5.74) is 1.10. The van der Waals surface area contributed by atoms with Crippen LogP contribution >= 0.6 is 0 Å². The van der Waals surface area contributed by atoms with E-state index in [9.17, 15) is 14.4 Å². The van der Waals surface area contributed by atoms with Gasteiger partial charge in [-0.05, 0) is 17.9 Å². The van der Waals surface area contributed by atoms with Gasteiger partial charge in [-0.2, -0.15) is 0 Å². The lowest BCUT2D eigenvalue weighted by molar-refractivity contribution is -0.120. The molecule has 0 saturated carbocycles. The highest BCUT2D eigenvalue weighted by Gasteiger charge is 2.63. The molecule has 3 heterocycles. The fourth-order valence-corrected chi connectivity index (χ4v) is 5.59. The fourth-order valence-electron chi connectivity index (χ4n) is 5.59. The van der Waals surface area contributed by atoms with Crippen molar-refractivity contribution in [2.45, 2.75) is 24.5 Å². The van der Waals surface area contributed by atoms with Crippen molar-refractivity contribution >= 4 is 40.1 Å². The van der Waals surface area contributed by atoms with Gasteiger partial charge in [0, 0.05) is 35.8 Å². The SMILES string of the molecule is COc1cc(NC(=O)N2CC3CC2[C@@H]2C(=O)N(c4cccc5ccccc45)C(=O)N32)cc(OC)c1. The number of piperazine rings is 1. The molecule has 3 saturated heterocycles. The number of anilines is 2. The molecule has 3 aromatic rings. The first kappa shape index (κ1) is 21.3. The maximum atomic E-state index is 13.6. The van der Waals surface area contributed by atoms with E-state index in [0.717, 1.165) is 10.8 Å². The Kier molecular flexibility index (Phi) is 4.80. The molecule has 178 valence electrons. The van der Waals surface area contributed by atoms with Crippen LogP contribution < -0.4 is 19.7 Å². The standard InChI is InChI=1S/C26H24N4O5/c1-34-18-10-16(11-19(13-18)35-2)27-25(32)28-14-17-12-22(28)23-24(31)30(26(33)29(17)23)21-9-5-7-15-6-3-4-8-20(15)21/h3-11,13,17,22-23H,12,14H2,1-2H3,(H,27,32)/t17?,22?,23-/m1/s1. The van der Waals surface area contributed by atoms with Crippen molar-refractivity contribution in [2.75, 3.05) is 31.0 Å². The number of carbonyl (C=O) groups excluding carboxylic acids is 3.